The quantitative estimate of drug-likeness (QED) is 0.600. The van der Waals surface area contributed by atoms with Crippen molar-refractivity contribution in [3.63, 3.8) is 0 Å². The van der Waals surface area contributed by atoms with Crippen molar-refractivity contribution < 1.29 is 9.66 Å². The molecule has 1 heterocycles. The lowest BCUT2D eigenvalue weighted by molar-refractivity contribution is -0.385. The number of hydrogen-bond donors (Lipinski definition) is 0. The number of nitro groups is 1. The lowest BCUT2D eigenvalue weighted by atomic mass is 10.1. The van der Waals surface area contributed by atoms with E-state index < -0.39 is 4.92 Å². The Morgan fingerprint density at radius 3 is 2.86 bits per heavy atom. The molecule has 116 valence electrons. The highest BCUT2D eigenvalue weighted by atomic mass is 16.6. The number of aromatic nitrogens is 4. The Morgan fingerprint density at radius 2 is 2.09 bits per heavy atom. The molecule has 0 aliphatic heterocycles. The van der Waals surface area contributed by atoms with E-state index in [1.807, 2.05) is 0 Å². The van der Waals surface area contributed by atoms with Crippen LogP contribution in [-0.4, -0.2) is 31.7 Å². The lowest BCUT2D eigenvalue weighted by Gasteiger charge is -2.10. The van der Waals surface area contributed by atoms with Gasteiger partial charge in [0.2, 0.25) is 0 Å². The molecule has 1 aliphatic carbocycles. The fourth-order valence-electron chi connectivity index (χ4n) is 2.82. The Morgan fingerprint density at radius 1 is 1.32 bits per heavy atom. The second kappa shape index (κ2) is 6.50. The minimum Gasteiger partial charge on any atom is -0.485 e. The van der Waals surface area contributed by atoms with Gasteiger partial charge in [0.25, 0.3) is 0 Å². The summed E-state index contributed by atoms with van der Waals surface area (Å²) in [5.41, 5.74) is -0.0322. The smallest absolute Gasteiger partial charge is 0.310 e. The molecule has 1 fully saturated rings. The minimum atomic E-state index is -0.448. The SMILES string of the molecule is O=[N+]([O-])c1ccccc1OCCn1nnnc1C1CCCC1. The molecule has 0 amide bonds. The predicted molar refractivity (Wildman–Crippen MR) is 77.6 cm³/mol. The maximum absolute atomic E-state index is 10.9. The van der Waals surface area contributed by atoms with Gasteiger partial charge < -0.3 is 4.74 Å². The van der Waals surface area contributed by atoms with Crippen LogP contribution in [0.4, 0.5) is 5.69 Å². The molecule has 0 atom stereocenters. The molecule has 1 aliphatic rings. The topological polar surface area (TPSA) is 96.0 Å². The first-order valence-electron chi connectivity index (χ1n) is 7.38. The van der Waals surface area contributed by atoms with Crippen LogP contribution in [-0.2, 0) is 6.54 Å². The number of ether oxygens (including phenoxy) is 1. The Hall–Kier alpha value is -2.51. The standard InChI is InChI=1S/C14H17N5O3/c20-19(21)12-7-3-4-8-13(12)22-10-9-18-14(15-16-17-18)11-5-1-2-6-11/h3-4,7-8,11H,1-2,5-6,9-10H2. The summed E-state index contributed by atoms with van der Waals surface area (Å²) in [7, 11) is 0. The van der Waals surface area contributed by atoms with Crippen molar-refractivity contribution in [1.82, 2.24) is 20.2 Å². The van der Waals surface area contributed by atoms with Crippen molar-refractivity contribution >= 4 is 5.69 Å². The van der Waals surface area contributed by atoms with Crippen molar-refractivity contribution in [2.24, 2.45) is 0 Å². The molecule has 1 aromatic carbocycles. The van der Waals surface area contributed by atoms with E-state index in [0.29, 0.717) is 12.5 Å². The Balaban J connectivity index is 1.62. The second-order valence-electron chi connectivity index (χ2n) is 5.31. The van der Waals surface area contributed by atoms with E-state index in [0.717, 1.165) is 18.7 Å². The van der Waals surface area contributed by atoms with Crippen LogP contribution in [0.2, 0.25) is 0 Å². The first kappa shape index (κ1) is 14.4. The van der Waals surface area contributed by atoms with Gasteiger partial charge in [0.1, 0.15) is 6.61 Å². The third kappa shape index (κ3) is 3.05. The summed E-state index contributed by atoms with van der Waals surface area (Å²) in [5, 5.41) is 22.8. The number of nitro benzene ring substituents is 1. The molecule has 3 rings (SSSR count). The normalized spacial score (nSPS) is 15.1. The summed E-state index contributed by atoms with van der Waals surface area (Å²) in [6.45, 7) is 0.764. The van der Waals surface area contributed by atoms with E-state index in [1.54, 1.807) is 22.9 Å². The van der Waals surface area contributed by atoms with Crippen LogP contribution in [0.1, 0.15) is 37.4 Å². The minimum absolute atomic E-state index is 0.0322. The number of nitrogens with zero attached hydrogens (tertiary/aromatic N) is 5. The van der Waals surface area contributed by atoms with Crippen LogP contribution in [0.25, 0.3) is 0 Å². The van der Waals surface area contributed by atoms with E-state index in [1.165, 1.54) is 18.9 Å². The molecule has 0 bridgehead atoms. The van der Waals surface area contributed by atoms with Gasteiger partial charge in [-0.15, -0.1) is 5.10 Å². The van der Waals surface area contributed by atoms with Gasteiger partial charge in [-0.1, -0.05) is 25.0 Å². The van der Waals surface area contributed by atoms with Crippen LogP contribution in [0.15, 0.2) is 24.3 Å². The molecule has 1 saturated carbocycles. The number of tetrazole rings is 1. The maximum Gasteiger partial charge on any atom is 0.310 e. The first-order chi connectivity index (χ1) is 10.8. The second-order valence-corrected chi connectivity index (χ2v) is 5.31. The zero-order valence-corrected chi connectivity index (χ0v) is 12.1. The van der Waals surface area contributed by atoms with E-state index >= 15 is 0 Å². The maximum atomic E-state index is 10.9. The average Bonchev–Trinajstić information content (AvgIpc) is 3.18. The molecule has 8 heteroatoms. The molecule has 0 radical (unpaired) electrons. The highest BCUT2D eigenvalue weighted by molar-refractivity contribution is 5.45. The molecule has 22 heavy (non-hydrogen) atoms. The Bertz CT molecular complexity index is 651. The van der Waals surface area contributed by atoms with E-state index in [-0.39, 0.29) is 18.0 Å². The number of para-hydroxylation sites is 2. The predicted octanol–water partition coefficient (Wildman–Crippen LogP) is 2.32. The number of hydrogen-bond acceptors (Lipinski definition) is 6. The molecule has 0 N–H and O–H groups in total. The molecule has 2 aromatic rings. The van der Waals surface area contributed by atoms with Gasteiger partial charge in [-0.3, -0.25) is 10.1 Å². The molecule has 0 saturated heterocycles. The zero-order valence-electron chi connectivity index (χ0n) is 12.1. The van der Waals surface area contributed by atoms with Gasteiger partial charge in [-0.05, 0) is 29.3 Å². The summed E-state index contributed by atoms with van der Waals surface area (Å²) in [5.74, 6) is 1.58. The highest BCUT2D eigenvalue weighted by Crippen LogP contribution is 2.32. The molecule has 1 aromatic heterocycles. The molecule has 0 unspecified atom stereocenters. The van der Waals surface area contributed by atoms with Gasteiger partial charge in [-0.25, -0.2) is 4.68 Å². The summed E-state index contributed by atoms with van der Waals surface area (Å²) < 4.78 is 7.27. The van der Waals surface area contributed by atoms with E-state index in [4.69, 9.17) is 4.74 Å². The fourth-order valence-corrected chi connectivity index (χ4v) is 2.82. The summed E-state index contributed by atoms with van der Waals surface area (Å²) in [6.07, 6.45) is 4.66. The van der Waals surface area contributed by atoms with Crippen LogP contribution >= 0.6 is 0 Å². The van der Waals surface area contributed by atoms with Crippen molar-refractivity contribution in [2.45, 2.75) is 38.1 Å². The number of benzene rings is 1. The Kier molecular flexibility index (Phi) is 4.27. The molecular formula is C14H17N5O3. The fraction of sp³-hybridized carbons (Fsp3) is 0.500. The first-order valence-corrected chi connectivity index (χ1v) is 7.38. The highest BCUT2D eigenvalue weighted by Gasteiger charge is 2.23. The van der Waals surface area contributed by atoms with E-state index in [2.05, 4.69) is 15.5 Å². The van der Waals surface area contributed by atoms with Crippen LogP contribution in [0.3, 0.4) is 0 Å². The zero-order chi connectivity index (χ0) is 15.4. The van der Waals surface area contributed by atoms with Crippen molar-refractivity contribution in [1.29, 1.82) is 0 Å². The van der Waals surface area contributed by atoms with Gasteiger partial charge in [0, 0.05) is 12.0 Å². The summed E-state index contributed by atoms with van der Waals surface area (Å²) >= 11 is 0. The van der Waals surface area contributed by atoms with Crippen LogP contribution < -0.4 is 4.74 Å². The van der Waals surface area contributed by atoms with Crippen molar-refractivity contribution in [3.05, 3.63) is 40.2 Å². The Labute approximate surface area is 127 Å². The average molecular weight is 303 g/mol. The van der Waals surface area contributed by atoms with E-state index in [9.17, 15) is 10.1 Å². The van der Waals surface area contributed by atoms with Crippen molar-refractivity contribution in [3.8, 4) is 5.75 Å². The van der Waals surface area contributed by atoms with Gasteiger partial charge >= 0.3 is 5.69 Å². The monoisotopic (exact) mass is 303 g/mol. The van der Waals surface area contributed by atoms with Gasteiger partial charge in [0.05, 0.1) is 11.5 Å². The lowest BCUT2D eigenvalue weighted by Crippen LogP contribution is -2.14. The third-order valence-electron chi connectivity index (χ3n) is 3.90. The summed E-state index contributed by atoms with van der Waals surface area (Å²) in [4.78, 5) is 10.5. The number of rotatable bonds is 6. The molecule has 8 nitrogen and oxygen atoms in total. The summed E-state index contributed by atoms with van der Waals surface area (Å²) in [6, 6.07) is 6.35. The largest absolute Gasteiger partial charge is 0.485 e. The van der Waals surface area contributed by atoms with Gasteiger partial charge in [-0.2, -0.15) is 0 Å². The molecule has 0 spiro atoms. The van der Waals surface area contributed by atoms with Crippen molar-refractivity contribution in [2.75, 3.05) is 6.61 Å². The third-order valence-corrected chi connectivity index (χ3v) is 3.90. The van der Waals surface area contributed by atoms with Gasteiger partial charge in [0.15, 0.2) is 11.6 Å². The molecular weight excluding hydrogens is 286 g/mol. The van der Waals surface area contributed by atoms with Crippen LogP contribution in [0, 0.1) is 10.1 Å². The van der Waals surface area contributed by atoms with Crippen LogP contribution in [0.5, 0.6) is 5.75 Å².